The highest BCUT2D eigenvalue weighted by Gasteiger charge is 2.10. The van der Waals surface area contributed by atoms with Crippen molar-refractivity contribution < 1.29 is 18.7 Å². The molecule has 0 aliphatic rings. The maximum atomic E-state index is 13.1. The molecule has 2 aromatic rings. The van der Waals surface area contributed by atoms with E-state index in [1.165, 1.54) is 37.7 Å². The summed E-state index contributed by atoms with van der Waals surface area (Å²) >= 11 is 3.04. The minimum atomic E-state index is -0.613. The van der Waals surface area contributed by atoms with Crippen molar-refractivity contribution in [1.82, 2.24) is 9.97 Å². The molecule has 7 heteroatoms. The molecule has 0 fully saturated rings. The average molecular weight is 327 g/mol. The highest BCUT2D eigenvalue weighted by Crippen LogP contribution is 2.25. The van der Waals surface area contributed by atoms with Crippen molar-refractivity contribution in [2.75, 3.05) is 7.11 Å². The maximum absolute atomic E-state index is 13.1. The van der Waals surface area contributed by atoms with E-state index >= 15 is 0 Å². The van der Waals surface area contributed by atoms with Crippen LogP contribution < -0.4 is 4.74 Å². The monoisotopic (exact) mass is 326 g/mol. The smallest absolute Gasteiger partial charge is 0.358 e. The van der Waals surface area contributed by atoms with Crippen molar-refractivity contribution >= 4 is 21.9 Å². The number of hydrogen-bond acceptors (Lipinski definition) is 5. The summed E-state index contributed by atoms with van der Waals surface area (Å²) in [5, 5.41) is 0. The van der Waals surface area contributed by atoms with Crippen molar-refractivity contribution in [2.45, 2.75) is 0 Å². The minimum Gasteiger partial charge on any atom is -0.464 e. The summed E-state index contributed by atoms with van der Waals surface area (Å²) in [6.45, 7) is 0. The third-order valence-corrected chi connectivity index (χ3v) is 2.73. The number of halogens is 2. The van der Waals surface area contributed by atoms with E-state index in [4.69, 9.17) is 4.74 Å². The molecule has 0 saturated heterocycles. The van der Waals surface area contributed by atoms with E-state index in [2.05, 4.69) is 30.6 Å². The molecule has 0 atom stereocenters. The molecule has 1 heterocycles. The lowest BCUT2D eigenvalue weighted by Crippen LogP contribution is -2.05. The van der Waals surface area contributed by atoms with Crippen LogP contribution in [-0.4, -0.2) is 23.0 Å². The Morgan fingerprint density at radius 3 is 2.84 bits per heavy atom. The fourth-order valence-corrected chi connectivity index (χ4v) is 1.62. The van der Waals surface area contributed by atoms with Gasteiger partial charge in [-0.3, -0.25) is 4.98 Å². The number of methoxy groups -OCH3 is 1. The number of nitrogens with zero attached hydrogens (tertiary/aromatic N) is 2. The van der Waals surface area contributed by atoms with E-state index in [0.29, 0.717) is 5.75 Å². The van der Waals surface area contributed by atoms with Gasteiger partial charge in [0.15, 0.2) is 5.69 Å². The molecule has 0 spiro atoms. The standard InChI is InChI=1S/C12H8BrFN2O3/c1-18-12(17)10-5-15-6-11(16-10)19-7-2-3-9(14)8(13)4-7/h2-6H,1H3. The quantitative estimate of drug-likeness (QED) is 0.811. The molecule has 19 heavy (non-hydrogen) atoms. The van der Waals surface area contributed by atoms with E-state index in [9.17, 15) is 9.18 Å². The molecule has 0 bridgehead atoms. The predicted octanol–water partition coefficient (Wildman–Crippen LogP) is 2.96. The third kappa shape index (κ3) is 3.25. The van der Waals surface area contributed by atoms with Gasteiger partial charge in [-0.2, -0.15) is 0 Å². The number of aromatic nitrogens is 2. The fourth-order valence-electron chi connectivity index (χ4n) is 1.26. The molecule has 0 amide bonds. The second kappa shape index (κ2) is 5.75. The predicted molar refractivity (Wildman–Crippen MR) is 67.5 cm³/mol. The zero-order valence-electron chi connectivity index (χ0n) is 9.76. The van der Waals surface area contributed by atoms with E-state index < -0.39 is 11.8 Å². The Hall–Kier alpha value is -2.02. The van der Waals surface area contributed by atoms with E-state index in [-0.39, 0.29) is 16.0 Å². The average Bonchev–Trinajstić information content (AvgIpc) is 2.42. The van der Waals surface area contributed by atoms with Crippen LogP contribution in [0.4, 0.5) is 4.39 Å². The van der Waals surface area contributed by atoms with Gasteiger partial charge in [-0.05, 0) is 34.1 Å². The second-order valence-electron chi connectivity index (χ2n) is 3.41. The van der Waals surface area contributed by atoms with Gasteiger partial charge in [0, 0.05) is 0 Å². The summed E-state index contributed by atoms with van der Waals surface area (Å²) in [6.07, 6.45) is 2.60. The number of esters is 1. The van der Waals surface area contributed by atoms with E-state index in [1.54, 1.807) is 0 Å². The van der Waals surface area contributed by atoms with E-state index in [1.807, 2.05) is 0 Å². The van der Waals surface area contributed by atoms with E-state index in [0.717, 1.165) is 0 Å². The van der Waals surface area contributed by atoms with Gasteiger partial charge in [0.05, 0.1) is 24.0 Å². The molecule has 1 aromatic carbocycles. The Balaban J connectivity index is 2.23. The minimum absolute atomic E-state index is 0.0289. The molecule has 0 N–H and O–H groups in total. The summed E-state index contributed by atoms with van der Waals surface area (Å²) in [5.74, 6) is -0.536. The van der Waals surface area contributed by atoms with Crippen molar-refractivity contribution in [3.8, 4) is 11.6 Å². The third-order valence-electron chi connectivity index (χ3n) is 2.12. The normalized spacial score (nSPS) is 10.1. The Morgan fingerprint density at radius 1 is 1.37 bits per heavy atom. The van der Waals surface area contributed by atoms with Crippen LogP contribution in [0.15, 0.2) is 35.1 Å². The molecular formula is C12H8BrFN2O3. The highest BCUT2D eigenvalue weighted by molar-refractivity contribution is 9.10. The first-order valence-electron chi connectivity index (χ1n) is 5.13. The lowest BCUT2D eigenvalue weighted by Gasteiger charge is -2.06. The van der Waals surface area contributed by atoms with Crippen LogP contribution in [0.1, 0.15) is 10.5 Å². The summed E-state index contributed by atoms with van der Waals surface area (Å²) < 4.78 is 23.2. The molecule has 98 valence electrons. The molecular weight excluding hydrogens is 319 g/mol. The van der Waals surface area contributed by atoms with Gasteiger partial charge in [0.25, 0.3) is 0 Å². The first-order valence-corrected chi connectivity index (χ1v) is 5.92. The fraction of sp³-hybridized carbons (Fsp3) is 0.0833. The van der Waals surface area contributed by atoms with Gasteiger partial charge in [0.1, 0.15) is 11.6 Å². The topological polar surface area (TPSA) is 61.3 Å². The first-order chi connectivity index (χ1) is 9.10. The number of ether oxygens (including phenoxy) is 2. The molecule has 0 unspecified atom stereocenters. The SMILES string of the molecule is COC(=O)c1cncc(Oc2ccc(F)c(Br)c2)n1. The van der Waals surface area contributed by atoms with Crippen molar-refractivity contribution in [1.29, 1.82) is 0 Å². The van der Waals surface area contributed by atoms with Gasteiger partial charge >= 0.3 is 5.97 Å². The molecule has 1 aromatic heterocycles. The first kappa shape index (κ1) is 13.4. The van der Waals surface area contributed by atoms with Gasteiger partial charge in [-0.15, -0.1) is 0 Å². The molecule has 0 saturated carbocycles. The zero-order valence-corrected chi connectivity index (χ0v) is 11.3. The van der Waals surface area contributed by atoms with Crippen LogP contribution in [0.2, 0.25) is 0 Å². The number of hydrogen-bond donors (Lipinski definition) is 0. The number of rotatable bonds is 3. The van der Waals surface area contributed by atoms with Crippen LogP contribution in [0.5, 0.6) is 11.6 Å². The summed E-state index contributed by atoms with van der Waals surface area (Å²) in [6, 6.07) is 4.13. The maximum Gasteiger partial charge on any atom is 0.358 e. The summed E-state index contributed by atoms with van der Waals surface area (Å²) in [7, 11) is 1.24. The molecule has 0 radical (unpaired) electrons. The summed E-state index contributed by atoms with van der Waals surface area (Å²) in [4.78, 5) is 19.0. The Morgan fingerprint density at radius 2 is 2.16 bits per heavy atom. The highest BCUT2D eigenvalue weighted by atomic mass is 79.9. The lowest BCUT2D eigenvalue weighted by atomic mass is 10.3. The molecule has 0 aliphatic carbocycles. The van der Waals surface area contributed by atoms with Crippen LogP contribution in [0.3, 0.4) is 0 Å². The van der Waals surface area contributed by atoms with Crippen molar-refractivity contribution in [3.05, 3.63) is 46.6 Å². The van der Waals surface area contributed by atoms with Crippen molar-refractivity contribution in [2.24, 2.45) is 0 Å². The van der Waals surface area contributed by atoms with Crippen molar-refractivity contribution in [3.63, 3.8) is 0 Å². The van der Waals surface area contributed by atoms with Crippen LogP contribution in [0, 0.1) is 5.82 Å². The second-order valence-corrected chi connectivity index (χ2v) is 4.27. The van der Waals surface area contributed by atoms with Gasteiger partial charge < -0.3 is 9.47 Å². The number of benzene rings is 1. The van der Waals surface area contributed by atoms with Crippen LogP contribution >= 0.6 is 15.9 Å². The lowest BCUT2D eigenvalue weighted by molar-refractivity contribution is 0.0592. The molecule has 0 aliphatic heterocycles. The Labute approximate surface area is 116 Å². The van der Waals surface area contributed by atoms with Crippen LogP contribution in [-0.2, 0) is 4.74 Å². The number of carbonyl (C=O) groups is 1. The van der Waals surface area contributed by atoms with Crippen LogP contribution in [0.25, 0.3) is 0 Å². The number of carbonyl (C=O) groups excluding carboxylic acids is 1. The van der Waals surface area contributed by atoms with Gasteiger partial charge in [-0.1, -0.05) is 0 Å². The Kier molecular flexibility index (Phi) is 4.06. The van der Waals surface area contributed by atoms with Gasteiger partial charge in [-0.25, -0.2) is 14.2 Å². The Bertz CT molecular complexity index is 622. The largest absolute Gasteiger partial charge is 0.464 e. The summed E-state index contributed by atoms with van der Waals surface area (Å²) in [5.41, 5.74) is 0.0289. The molecule has 2 rings (SSSR count). The molecule has 5 nitrogen and oxygen atoms in total. The van der Waals surface area contributed by atoms with Gasteiger partial charge in [0.2, 0.25) is 5.88 Å². The zero-order chi connectivity index (χ0) is 13.8.